The third-order valence-corrected chi connectivity index (χ3v) is 7.69. The van der Waals surface area contributed by atoms with Gasteiger partial charge in [-0.2, -0.15) is 0 Å². The smallest absolute Gasteiger partial charge is 0.348 e. The van der Waals surface area contributed by atoms with Crippen molar-refractivity contribution in [2.45, 2.75) is 32.9 Å². The molecule has 0 radical (unpaired) electrons. The van der Waals surface area contributed by atoms with Crippen LogP contribution in [0.3, 0.4) is 0 Å². The Morgan fingerprint density at radius 3 is 2.66 bits per heavy atom. The predicted molar refractivity (Wildman–Crippen MR) is 143 cm³/mol. The lowest BCUT2D eigenvalue weighted by molar-refractivity contribution is -0.125. The number of rotatable bonds is 7. The second-order valence-electron chi connectivity index (χ2n) is 9.05. The van der Waals surface area contributed by atoms with Crippen LogP contribution in [0.5, 0.6) is 5.75 Å². The van der Waals surface area contributed by atoms with Gasteiger partial charge in [0.2, 0.25) is 0 Å². The lowest BCUT2D eigenvalue weighted by atomic mass is 10.1. The zero-order chi connectivity index (χ0) is 27.0. The fraction of sp³-hybridized carbons (Fsp3) is 0.250. The van der Waals surface area contributed by atoms with Crippen LogP contribution in [0.15, 0.2) is 59.7 Å². The number of aromatic nitrogens is 2. The number of anilines is 1. The van der Waals surface area contributed by atoms with Crippen molar-refractivity contribution in [2.75, 3.05) is 18.6 Å². The summed E-state index contributed by atoms with van der Waals surface area (Å²) < 4.78 is 12.3. The number of amides is 1. The molecular weight excluding hydrogens is 506 g/mol. The first kappa shape index (κ1) is 25.3. The molecule has 0 N–H and O–H groups in total. The first-order chi connectivity index (χ1) is 18.2. The highest BCUT2D eigenvalue weighted by atomic mass is 32.1. The highest BCUT2D eigenvalue weighted by Crippen LogP contribution is 2.34. The van der Waals surface area contributed by atoms with E-state index in [2.05, 4.69) is 4.98 Å². The third-order valence-electron chi connectivity index (χ3n) is 6.51. The van der Waals surface area contributed by atoms with Crippen LogP contribution >= 0.6 is 11.3 Å². The molecule has 0 saturated heterocycles. The van der Waals surface area contributed by atoms with E-state index in [0.717, 1.165) is 16.9 Å². The van der Waals surface area contributed by atoms with Crippen molar-refractivity contribution in [3.8, 4) is 5.75 Å². The first-order valence-corrected chi connectivity index (χ1v) is 12.9. The number of fused-ring (bicyclic) bond motifs is 2. The Labute approximate surface area is 222 Å². The molecule has 1 amide bonds. The molecule has 1 aliphatic heterocycles. The van der Waals surface area contributed by atoms with E-state index in [0.29, 0.717) is 44.1 Å². The Kier molecular flexibility index (Phi) is 6.81. The molecule has 0 spiro atoms. The number of hydrogen-bond acceptors (Lipinski definition) is 8. The fourth-order valence-corrected chi connectivity index (χ4v) is 5.40. The molecule has 0 saturated carbocycles. The van der Waals surface area contributed by atoms with Gasteiger partial charge in [-0.1, -0.05) is 30.3 Å². The van der Waals surface area contributed by atoms with E-state index in [1.54, 1.807) is 39.1 Å². The van der Waals surface area contributed by atoms with Crippen LogP contribution in [-0.4, -0.2) is 47.0 Å². The number of thiophene rings is 1. The molecule has 0 bridgehead atoms. The fourth-order valence-electron chi connectivity index (χ4n) is 4.37. The molecule has 5 rings (SSSR count). The topological polar surface area (TPSA) is 108 Å². The van der Waals surface area contributed by atoms with Crippen LogP contribution in [0.25, 0.3) is 10.2 Å². The normalized spacial score (nSPS) is 14.8. The van der Waals surface area contributed by atoms with E-state index < -0.39 is 17.6 Å². The number of ether oxygens (including phenoxy) is 2. The van der Waals surface area contributed by atoms with E-state index in [4.69, 9.17) is 9.47 Å². The maximum absolute atomic E-state index is 13.3. The molecule has 9 nitrogen and oxygen atoms in total. The average Bonchev–Trinajstić information content (AvgIpc) is 3.26. The molecule has 10 heteroatoms. The molecule has 2 aromatic carbocycles. The van der Waals surface area contributed by atoms with E-state index in [9.17, 15) is 19.2 Å². The zero-order valence-electron chi connectivity index (χ0n) is 21.1. The monoisotopic (exact) mass is 531 g/mol. The van der Waals surface area contributed by atoms with E-state index in [1.165, 1.54) is 15.8 Å². The average molecular weight is 532 g/mol. The molecule has 1 aliphatic rings. The van der Waals surface area contributed by atoms with Gasteiger partial charge in [0.25, 0.3) is 11.5 Å². The van der Waals surface area contributed by atoms with Crippen LogP contribution < -0.4 is 15.2 Å². The Hall–Kier alpha value is -4.31. The van der Waals surface area contributed by atoms with E-state index >= 15 is 0 Å². The lowest BCUT2D eigenvalue weighted by Crippen LogP contribution is -2.42. The third kappa shape index (κ3) is 4.70. The predicted octanol–water partition coefficient (Wildman–Crippen LogP) is 3.79. The molecule has 1 atom stereocenters. The van der Waals surface area contributed by atoms with Crippen LogP contribution in [0, 0.1) is 6.92 Å². The first-order valence-electron chi connectivity index (χ1n) is 12.1. The van der Waals surface area contributed by atoms with Gasteiger partial charge in [-0.05, 0) is 43.2 Å². The van der Waals surface area contributed by atoms with Gasteiger partial charge in [-0.25, -0.2) is 9.78 Å². The number of benzene rings is 2. The molecule has 4 aromatic rings. The summed E-state index contributed by atoms with van der Waals surface area (Å²) in [6, 6.07) is 14.5. The molecule has 0 fully saturated rings. The SMILES string of the molecule is Cc1c(C(=O)OCCc2ccccc2)sc2ncn(CC(=O)c3ccc4c(c3)N(C)C(=O)C(C)O4)c(=O)c12. The molecule has 3 heterocycles. The Morgan fingerprint density at radius 1 is 1.13 bits per heavy atom. The summed E-state index contributed by atoms with van der Waals surface area (Å²) in [7, 11) is 1.63. The number of carbonyl (C=O) groups excluding carboxylic acids is 3. The zero-order valence-corrected chi connectivity index (χ0v) is 21.9. The van der Waals surface area contributed by atoms with Crippen LogP contribution in [0.4, 0.5) is 5.69 Å². The summed E-state index contributed by atoms with van der Waals surface area (Å²) in [4.78, 5) is 57.8. The Balaban J connectivity index is 1.34. The highest BCUT2D eigenvalue weighted by Gasteiger charge is 2.29. The van der Waals surface area contributed by atoms with Crippen LogP contribution in [-0.2, 0) is 22.5 Å². The van der Waals surface area contributed by atoms with Crippen molar-refractivity contribution in [3.63, 3.8) is 0 Å². The number of hydrogen-bond donors (Lipinski definition) is 0. The van der Waals surface area contributed by atoms with Crippen molar-refractivity contribution < 1.29 is 23.9 Å². The molecule has 1 unspecified atom stereocenters. The standard InChI is InChI=1S/C28H25N3O6S/c1-16-23-25(38-24(16)28(35)36-12-11-18-7-5-4-6-8-18)29-15-31(27(23)34)14-21(32)19-9-10-22-20(13-19)30(3)26(33)17(2)37-22/h4-10,13,15,17H,11-12,14H2,1-3H3. The summed E-state index contributed by atoms with van der Waals surface area (Å²) in [6.45, 7) is 3.31. The van der Waals surface area contributed by atoms with Crippen molar-refractivity contribution in [1.82, 2.24) is 9.55 Å². The number of likely N-dealkylation sites (N-methyl/N-ethyl adjacent to an activating group) is 1. The minimum absolute atomic E-state index is 0.213. The van der Waals surface area contributed by atoms with E-state index in [-0.39, 0.29) is 24.8 Å². The summed E-state index contributed by atoms with van der Waals surface area (Å²) >= 11 is 1.10. The largest absolute Gasteiger partial charge is 0.479 e. The second-order valence-corrected chi connectivity index (χ2v) is 10.0. The second kappa shape index (κ2) is 10.2. The number of esters is 1. The van der Waals surface area contributed by atoms with Crippen LogP contribution in [0.2, 0.25) is 0 Å². The van der Waals surface area contributed by atoms with Gasteiger partial charge in [0.15, 0.2) is 11.9 Å². The quantitative estimate of drug-likeness (QED) is 0.264. The van der Waals surface area contributed by atoms with Gasteiger partial charge in [0.05, 0.1) is 30.6 Å². The summed E-state index contributed by atoms with van der Waals surface area (Å²) in [5.74, 6) is -0.541. The van der Waals surface area contributed by atoms with Crippen molar-refractivity contribution in [2.24, 2.45) is 0 Å². The highest BCUT2D eigenvalue weighted by molar-refractivity contribution is 7.20. The number of Topliss-reactive ketones (excluding diaryl/α,β-unsaturated/α-hetero) is 1. The Bertz CT molecular complexity index is 1630. The number of aryl methyl sites for hydroxylation is 1. The maximum atomic E-state index is 13.3. The van der Waals surface area contributed by atoms with Gasteiger partial charge in [0.1, 0.15) is 15.5 Å². The molecular formula is C28H25N3O6S. The summed E-state index contributed by atoms with van der Waals surface area (Å²) in [6.07, 6.45) is 1.29. The van der Waals surface area contributed by atoms with Crippen molar-refractivity contribution in [1.29, 1.82) is 0 Å². The molecule has 38 heavy (non-hydrogen) atoms. The summed E-state index contributed by atoms with van der Waals surface area (Å²) in [5, 5.41) is 0.290. The van der Waals surface area contributed by atoms with E-state index in [1.807, 2.05) is 30.3 Å². The number of nitrogens with zero attached hydrogens (tertiary/aromatic N) is 3. The summed E-state index contributed by atoms with van der Waals surface area (Å²) in [5.41, 5.74) is 1.95. The molecule has 0 aliphatic carbocycles. The lowest BCUT2D eigenvalue weighted by Gasteiger charge is -2.30. The number of carbonyl (C=O) groups is 3. The minimum Gasteiger partial charge on any atom is -0.479 e. The van der Waals surface area contributed by atoms with Gasteiger partial charge >= 0.3 is 5.97 Å². The van der Waals surface area contributed by atoms with Gasteiger partial charge in [0, 0.05) is 19.0 Å². The van der Waals surface area contributed by atoms with Crippen molar-refractivity contribution >= 4 is 44.9 Å². The minimum atomic E-state index is -0.606. The van der Waals surface area contributed by atoms with Gasteiger partial charge in [-0.3, -0.25) is 19.0 Å². The maximum Gasteiger partial charge on any atom is 0.348 e. The molecule has 2 aromatic heterocycles. The van der Waals surface area contributed by atoms with Crippen LogP contribution in [0.1, 0.15) is 38.1 Å². The van der Waals surface area contributed by atoms with Crippen molar-refractivity contribution in [3.05, 3.63) is 86.8 Å². The Morgan fingerprint density at radius 2 is 1.89 bits per heavy atom. The number of ketones is 1. The van der Waals surface area contributed by atoms with Gasteiger partial charge in [-0.15, -0.1) is 11.3 Å². The van der Waals surface area contributed by atoms with Gasteiger partial charge < -0.3 is 14.4 Å². The molecule has 194 valence electrons.